The molecule has 0 radical (unpaired) electrons. The minimum absolute atomic E-state index is 0.332. The van der Waals surface area contributed by atoms with Crippen molar-refractivity contribution in [2.45, 2.75) is 13.1 Å². The second-order valence-electron chi connectivity index (χ2n) is 4.37. The molecule has 0 aliphatic heterocycles. The van der Waals surface area contributed by atoms with Gasteiger partial charge in [-0.15, -0.1) is 0 Å². The second kappa shape index (κ2) is 6.69. The second-order valence-corrected chi connectivity index (χ2v) is 4.37. The fraction of sp³-hybridized carbons (Fsp3) is 0.188. The van der Waals surface area contributed by atoms with Gasteiger partial charge in [0.05, 0.1) is 18.7 Å². The van der Waals surface area contributed by atoms with Gasteiger partial charge in [0.1, 0.15) is 11.6 Å². The molecule has 0 amide bonds. The molecule has 0 bridgehead atoms. The molecule has 20 heavy (non-hydrogen) atoms. The lowest BCUT2D eigenvalue weighted by Crippen LogP contribution is -2.13. The Morgan fingerprint density at radius 2 is 2.05 bits per heavy atom. The van der Waals surface area contributed by atoms with Crippen LogP contribution in [-0.4, -0.2) is 7.11 Å². The molecule has 0 saturated heterocycles. The average Bonchev–Trinajstić information content (AvgIpc) is 2.49. The molecule has 0 unspecified atom stereocenters. The number of nitrogens with one attached hydrogen (secondary N) is 1. The molecular formula is C16H15FN2O. The van der Waals surface area contributed by atoms with Crippen molar-refractivity contribution in [2.24, 2.45) is 0 Å². The number of benzene rings is 2. The maximum atomic E-state index is 13.7. The minimum Gasteiger partial charge on any atom is -0.497 e. The molecule has 0 fully saturated rings. The topological polar surface area (TPSA) is 45.0 Å². The lowest BCUT2D eigenvalue weighted by Gasteiger charge is -2.07. The van der Waals surface area contributed by atoms with Gasteiger partial charge in [0.15, 0.2) is 0 Å². The van der Waals surface area contributed by atoms with Crippen LogP contribution in [-0.2, 0) is 13.1 Å². The summed E-state index contributed by atoms with van der Waals surface area (Å²) in [6.45, 7) is 1.03. The Morgan fingerprint density at radius 1 is 1.20 bits per heavy atom. The van der Waals surface area contributed by atoms with Gasteiger partial charge in [-0.1, -0.05) is 18.2 Å². The Bertz CT molecular complexity index is 635. The van der Waals surface area contributed by atoms with Crippen molar-refractivity contribution in [1.29, 1.82) is 5.26 Å². The fourth-order valence-electron chi connectivity index (χ4n) is 1.88. The normalized spacial score (nSPS) is 10.1. The lowest BCUT2D eigenvalue weighted by atomic mass is 10.1. The van der Waals surface area contributed by atoms with E-state index in [2.05, 4.69) is 5.32 Å². The van der Waals surface area contributed by atoms with Gasteiger partial charge in [-0.05, 0) is 29.8 Å². The summed E-state index contributed by atoms with van der Waals surface area (Å²) in [5.74, 6) is 0.441. The first kappa shape index (κ1) is 14.0. The van der Waals surface area contributed by atoms with Gasteiger partial charge < -0.3 is 10.1 Å². The van der Waals surface area contributed by atoms with Crippen LogP contribution in [0.2, 0.25) is 0 Å². The predicted molar refractivity (Wildman–Crippen MR) is 74.7 cm³/mol. The molecule has 0 aromatic heterocycles. The van der Waals surface area contributed by atoms with Gasteiger partial charge in [-0.3, -0.25) is 0 Å². The van der Waals surface area contributed by atoms with E-state index in [4.69, 9.17) is 10.00 Å². The summed E-state index contributed by atoms with van der Waals surface area (Å²) in [5.41, 5.74) is 1.95. The van der Waals surface area contributed by atoms with Gasteiger partial charge in [-0.25, -0.2) is 4.39 Å². The highest BCUT2D eigenvalue weighted by atomic mass is 19.1. The summed E-state index contributed by atoms with van der Waals surface area (Å²) in [7, 11) is 1.62. The molecule has 0 aliphatic carbocycles. The number of hydrogen-bond acceptors (Lipinski definition) is 3. The van der Waals surface area contributed by atoms with E-state index in [1.54, 1.807) is 19.2 Å². The molecular weight excluding hydrogens is 255 g/mol. The van der Waals surface area contributed by atoms with E-state index in [0.717, 1.165) is 11.3 Å². The predicted octanol–water partition coefficient (Wildman–Crippen LogP) is 3.00. The lowest BCUT2D eigenvalue weighted by molar-refractivity contribution is 0.414. The first-order valence-corrected chi connectivity index (χ1v) is 6.25. The van der Waals surface area contributed by atoms with E-state index in [1.165, 1.54) is 6.07 Å². The van der Waals surface area contributed by atoms with Crippen molar-refractivity contribution >= 4 is 0 Å². The number of ether oxygens (including phenoxy) is 1. The maximum absolute atomic E-state index is 13.7. The molecule has 2 aromatic rings. The molecule has 2 aromatic carbocycles. The van der Waals surface area contributed by atoms with Gasteiger partial charge in [-0.2, -0.15) is 5.26 Å². The summed E-state index contributed by atoms with van der Waals surface area (Å²) in [6.07, 6.45) is 0. The Labute approximate surface area is 117 Å². The highest BCUT2D eigenvalue weighted by Crippen LogP contribution is 2.13. The van der Waals surface area contributed by atoms with E-state index in [1.807, 2.05) is 30.3 Å². The molecule has 102 valence electrons. The minimum atomic E-state index is -0.359. The van der Waals surface area contributed by atoms with Crippen LogP contribution in [0.4, 0.5) is 4.39 Å². The van der Waals surface area contributed by atoms with E-state index in [9.17, 15) is 4.39 Å². The third-order valence-electron chi connectivity index (χ3n) is 2.96. The third kappa shape index (κ3) is 3.56. The van der Waals surface area contributed by atoms with E-state index >= 15 is 0 Å². The summed E-state index contributed by atoms with van der Waals surface area (Å²) in [5, 5.41) is 11.9. The summed E-state index contributed by atoms with van der Waals surface area (Å²) in [6, 6.07) is 14.1. The monoisotopic (exact) mass is 270 g/mol. The quantitative estimate of drug-likeness (QED) is 0.908. The number of hydrogen-bond donors (Lipinski definition) is 1. The van der Waals surface area contributed by atoms with E-state index in [-0.39, 0.29) is 5.82 Å². The van der Waals surface area contributed by atoms with Crippen LogP contribution >= 0.6 is 0 Å². The highest BCUT2D eigenvalue weighted by molar-refractivity contribution is 5.33. The van der Waals surface area contributed by atoms with Crippen LogP contribution in [0.3, 0.4) is 0 Å². The largest absolute Gasteiger partial charge is 0.497 e. The first-order chi connectivity index (χ1) is 9.72. The van der Waals surface area contributed by atoms with Crippen LogP contribution in [0.15, 0.2) is 42.5 Å². The third-order valence-corrected chi connectivity index (χ3v) is 2.96. The number of nitrogens with zero attached hydrogens (tertiary/aromatic N) is 1. The molecule has 4 heteroatoms. The van der Waals surface area contributed by atoms with Crippen molar-refractivity contribution in [3.8, 4) is 11.8 Å². The zero-order chi connectivity index (χ0) is 14.4. The Hall–Kier alpha value is -2.38. The van der Waals surface area contributed by atoms with Crippen molar-refractivity contribution in [3.63, 3.8) is 0 Å². The van der Waals surface area contributed by atoms with Gasteiger partial charge in [0, 0.05) is 18.7 Å². The number of methoxy groups -OCH3 is 1. The van der Waals surface area contributed by atoms with Crippen LogP contribution in [0.5, 0.6) is 5.75 Å². The van der Waals surface area contributed by atoms with Crippen molar-refractivity contribution < 1.29 is 9.13 Å². The van der Waals surface area contributed by atoms with Gasteiger partial charge in [0.2, 0.25) is 0 Å². The molecule has 1 N–H and O–H groups in total. The Balaban J connectivity index is 1.94. The van der Waals surface area contributed by atoms with Crippen molar-refractivity contribution in [2.75, 3.05) is 7.11 Å². The standard InChI is InChI=1S/C16H15FN2O/c1-20-15-4-2-3-13(7-15)10-19-11-14-6-5-12(9-18)8-16(14)17/h2-8,19H,10-11H2,1H3. The summed E-state index contributed by atoms with van der Waals surface area (Å²) in [4.78, 5) is 0. The van der Waals surface area contributed by atoms with Crippen LogP contribution < -0.4 is 10.1 Å². The highest BCUT2D eigenvalue weighted by Gasteiger charge is 2.03. The molecule has 0 saturated carbocycles. The Kier molecular flexibility index (Phi) is 4.70. The van der Waals surface area contributed by atoms with Crippen LogP contribution in [0, 0.1) is 17.1 Å². The Morgan fingerprint density at radius 3 is 2.75 bits per heavy atom. The van der Waals surface area contributed by atoms with Gasteiger partial charge in [0.25, 0.3) is 0 Å². The zero-order valence-electron chi connectivity index (χ0n) is 11.2. The first-order valence-electron chi connectivity index (χ1n) is 6.25. The zero-order valence-corrected chi connectivity index (χ0v) is 11.2. The molecule has 3 nitrogen and oxygen atoms in total. The van der Waals surface area contributed by atoms with E-state index in [0.29, 0.717) is 24.2 Å². The van der Waals surface area contributed by atoms with E-state index < -0.39 is 0 Å². The van der Waals surface area contributed by atoms with Crippen LogP contribution in [0.25, 0.3) is 0 Å². The smallest absolute Gasteiger partial charge is 0.129 e. The number of nitriles is 1. The summed E-state index contributed by atoms with van der Waals surface area (Å²) >= 11 is 0. The summed E-state index contributed by atoms with van der Waals surface area (Å²) < 4.78 is 18.8. The molecule has 0 aliphatic rings. The molecule has 0 atom stereocenters. The number of rotatable bonds is 5. The number of halogens is 1. The average molecular weight is 270 g/mol. The molecule has 0 heterocycles. The van der Waals surface area contributed by atoms with Crippen molar-refractivity contribution in [3.05, 3.63) is 65.0 Å². The van der Waals surface area contributed by atoms with Gasteiger partial charge >= 0.3 is 0 Å². The fourth-order valence-corrected chi connectivity index (χ4v) is 1.88. The van der Waals surface area contributed by atoms with Crippen LogP contribution in [0.1, 0.15) is 16.7 Å². The SMILES string of the molecule is COc1cccc(CNCc2ccc(C#N)cc2F)c1. The molecule has 2 rings (SSSR count). The van der Waals surface area contributed by atoms with Crippen molar-refractivity contribution in [1.82, 2.24) is 5.32 Å². The molecule has 0 spiro atoms. The maximum Gasteiger partial charge on any atom is 0.129 e.